The number of ether oxygens (including phenoxy) is 3. The summed E-state index contributed by atoms with van der Waals surface area (Å²) >= 11 is 0. The fraction of sp³-hybridized carbons (Fsp3) is 0.125. The lowest BCUT2D eigenvalue weighted by Gasteiger charge is -2.30. The summed E-state index contributed by atoms with van der Waals surface area (Å²) in [7, 11) is 0. The molecule has 0 aliphatic carbocycles. The van der Waals surface area contributed by atoms with E-state index in [1.807, 2.05) is 36.4 Å². The summed E-state index contributed by atoms with van der Waals surface area (Å²) in [5.74, 6) is 1.04. The maximum absolute atomic E-state index is 13.8. The fourth-order valence-electron chi connectivity index (χ4n) is 4.59. The Morgan fingerprint density at radius 1 is 0.925 bits per heavy atom. The number of fused-ring (bicyclic) bond motifs is 2. The van der Waals surface area contributed by atoms with E-state index in [2.05, 4.69) is 5.32 Å². The Kier molecular flexibility index (Phi) is 6.89. The average Bonchev–Trinajstić information content (AvgIpc) is 2.98. The first-order chi connectivity index (χ1) is 19.5. The monoisotopic (exact) mass is 536 g/mol. The molecule has 200 valence electrons. The van der Waals surface area contributed by atoms with Crippen LogP contribution in [0.5, 0.6) is 17.2 Å². The van der Waals surface area contributed by atoms with Crippen molar-refractivity contribution in [3.8, 4) is 17.2 Å². The third-order valence-corrected chi connectivity index (χ3v) is 6.59. The fourth-order valence-corrected chi connectivity index (χ4v) is 4.59. The summed E-state index contributed by atoms with van der Waals surface area (Å²) in [6.07, 6.45) is 1.33. The number of nitrogens with one attached hydrogen (secondary N) is 1. The van der Waals surface area contributed by atoms with Crippen LogP contribution in [0.25, 0.3) is 6.08 Å². The van der Waals surface area contributed by atoms with Crippen molar-refractivity contribution in [3.05, 3.63) is 125 Å². The van der Waals surface area contributed by atoms with Crippen molar-refractivity contribution in [2.45, 2.75) is 12.6 Å². The minimum absolute atomic E-state index is 0.127. The van der Waals surface area contributed by atoms with E-state index in [1.165, 1.54) is 12.1 Å². The summed E-state index contributed by atoms with van der Waals surface area (Å²) < 4.78 is 31.3. The van der Waals surface area contributed by atoms with Crippen LogP contribution in [0.4, 0.5) is 10.1 Å². The van der Waals surface area contributed by atoms with Gasteiger partial charge in [-0.15, -0.1) is 0 Å². The van der Waals surface area contributed by atoms with Crippen LogP contribution < -0.4 is 24.4 Å². The van der Waals surface area contributed by atoms with E-state index in [-0.39, 0.29) is 36.0 Å². The van der Waals surface area contributed by atoms with Gasteiger partial charge in [-0.05, 0) is 65.7 Å². The van der Waals surface area contributed by atoms with Crippen LogP contribution in [0.3, 0.4) is 0 Å². The molecule has 4 aromatic rings. The van der Waals surface area contributed by atoms with Crippen LogP contribution in [0, 0.1) is 5.82 Å². The van der Waals surface area contributed by atoms with Crippen LogP contribution in [0.15, 0.2) is 103 Å². The molecule has 2 heterocycles. The van der Waals surface area contributed by atoms with E-state index < -0.39 is 0 Å². The number of para-hydroxylation sites is 4. The molecule has 2 aliphatic heterocycles. The number of amides is 2. The van der Waals surface area contributed by atoms with E-state index in [4.69, 9.17) is 14.2 Å². The lowest BCUT2D eigenvalue weighted by atomic mass is 10.1. The molecule has 1 atom stereocenters. The molecule has 0 aromatic heterocycles. The molecule has 0 radical (unpaired) electrons. The molecule has 0 saturated heterocycles. The predicted molar refractivity (Wildman–Crippen MR) is 148 cm³/mol. The molecular weight excluding hydrogens is 511 g/mol. The van der Waals surface area contributed by atoms with E-state index >= 15 is 0 Å². The number of carbonyl (C=O) groups excluding carboxylic acids is 2. The second kappa shape index (κ2) is 10.9. The minimum atomic E-state index is -0.365. The number of rotatable bonds is 6. The van der Waals surface area contributed by atoms with Gasteiger partial charge in [0.25, 0.3) is 11.8 Å². The second-order valence-electron chi connectivity index (χ2n) is 9.43. The quantitative estimate of drug-likeness (QED) is 0.336. The highest BCUT2D eigenvalue weighted by Gasteiger charge is 2.30. The van der Waals surface area contributed by atoms with Crippen LogP contribution in [0.2, 0.25) is 0 Å². The summed E-state index contributed by atoms with van der Waals surface area (Å²) in [6, 6.07) is 27.6. The van der Waals surface area contributed by atoms with Gasteiger partial charge in [-0.3, -0.25) is 14.5 Å². The van der Waals surface area contributed by atoms with E-state index in [0.29, 0.717) is 52.8 Å². The zero-order valence-corrected chi connectivity index (χ0v) is 21.4. The molecule has 0 bridgehead atoms. The topological polar surface area (TPSA) is 77.1 Å². The number of carbonyl (C=O) groups is 2. The van der Waals surface area contributed by atoms with Crippen molar-refractivity contribution in [2.75, 3.05) is 18.1 Å². The zero-order valence-electron chi connectivity index (χ0n) is 21.4. The molecule has 0 fully saturated rings. The van der Waals surface area contributed by atoms with Gasteiger partial charge >= 0.3 is 0 Å². The third-order valence-electron chi connectivity index (χ3n) is 6.59. The van der Waals surface area contributed by atoms with E-state index in [9.17, 15) is 14.0 Å². The smallest absolute Gasteiger partial charge is 0.294 e. The van der Waals surface area contributed by atoms with Gasteiger partial charge in [0, 0.05) is 5.56 Å². The van der Waals surface area contributed by atoms with Crippen molar-refractivity contribution in [1.82, 2.24) is 5.32 Å². The number of hydrogen-bond donors (Lipinski definition) is 1. The number of benzene rings is 4. The van der Waals surface area contributed by atoms with Crippen molar-refractivity contribution < 1.29 is 28.2 Å². The first-order valence-electron chi connectivity index (χ1n) is 12.8. The molecule has 40 heavy (non-hydrogen) atoms. The first kappa shape index (κ1) is 25.2. The Labute approximate surface area is 230 Å². The van der Waals surface area contributed by atoms with Crippen molar-refractivity contribution >= 4 is 23.6 Å². The van der Waals surface area contributed by atoms with Gasteiger partial charge in [-0.1, -0.05) is 48.5 Å². The summed E-state index contributed by atoms with van der Waals surface area (Å²) in [6.45, 7) is 0.827. The molecular formula is C32H25FN2O5. The Morgan fingerprint density at radius 2 is 1.68 bits per heavy atom. The van der Waals surface area contributed by atoms with Crippen molar-refractivity contribution in [3.63, 3.8) is 0 Å². The van der Waals surface area contributed by atoms with E-state index in [1.54, 1.807) is 59.5 Å². The lowest BCUT2D eigenvalue weighted by molar-refractivity contribution is -0.117. The summed E-state index contributed by atoms with van der Waals surface area (Å²) in [5, 5.41) is 2.88. The highest BCUT2D eigenvalue weighted by atomic mass is 19.1. The molecule has 0 spiro atoms. The number of nitrogens with zero attached hydrogens (tertiary/aromatic N) is 1. The number of anilines is 1. The van der Waals surface area contributed by atoms with Crippen LogP contribution in [0.1, 0.15) is 21.5 Å². The molecule has 0 saturated carbocycles. The zero-order chi connectivity index (χ0) is 27.5. The van der Waals surface area contributed by atoms with Gasteiger partial charge in [0.2, 0.25) is 0 Å². The van der Waals surface area contributed by atoms with Crippen LogP contribution in [-0.2, 0) is 11.3 Å². The second-order valence-corrected chi connectivity index (χ2v) is 9.43. The van der Waals surface area contributed by atoms with Crippen molar-refractivity contribution in [2.24, 2.45) is 0 Å². The molecule has 2 amide bonds. The van der Waals surface area contributed by atoms with Crippen molar-refractivity contribution in [1.29, 1.82) is 0 Å². The van der Waals surface area contributed by atoms with Gasteiger partial charge in [0.15, 0.2) is 23.0 Å². The standard InChI is InChI=1S/C32H25FN2O5/c33-24-7-5-6-22(16-24)19-35-26-8-1-2-9-27(26)40-30(32(35)37)17-21-12-14-23(15-13-21)31(36)34-18-25-20-38-28-10-3-4-11-29(28)39-25/h1-17,25H,18-20H2,(H,34,36)/b30-17-/t25-/m1/s1. The van der Waals surface area contributed by atoms with Gasteiger partial charge in [-0.25, -0.2) is 4.39 Å². The minimum Gasteiger partial charge on any atom is -0.486 e. The third kappa shape index (κ3) is 5.37. The van der Waals surface area contributed by atoms with E-state index in [0.717, 1.165) is 0 Å². The Hall–Kier alpha value is -5.11. The van der Waals surface area contributed by atoms with Gasteiger partial charge in [0.1, 0.15) is 18.5 Å². The summed E-state index contributed by atoms with van der Waals surface area (Å²) in [4.78, 5) is 27.7. The largest absolute Gasteiger partial charge is 0.486 e. The normalized spacial score (nSPS) is 16.7. The first-order valence-corrected chi connectivity index (χ1v) is 12.8. The maximum atomic E-state index is 13.8. The molecule has 7 nitrogen and oxygen atoms in total. The molecule has 6 rings (SSSR count). The molecule has 2 aliphatic rings. The maximum Gasteiger partial charge on any atom is 0.294 e. The highest BCUT2D eigenvalue weighted by molar-refractivity contribution is 6.09. The predicted octanol–water partition coefficient (Wildman–Crippen LogP) is 5.36. The Bertz CT molecular complexity index is 1600. The molecule has 0 unspecified atom stereocenters. The summed E-state index contributed by atoms with van der Waals surface area (Å²) in [5.41, 5.74) is 2.42. The van der Waals surface area contributed by atoms with Crippen LogP contribution >= 0.6 is 0 Å². The molecule has 8 heteroatoms. The lowest BCUT2D eigenvalue weighted by Crippen LogP contribution is -2.40. The molecule has 4 aromatic carbocycles. The highest BCUT2D eigenvalue weighted by Crippen LogP contribution is 2.36. The van der Waals surface area contributed by atoms with Gasteiger partial charge in [0.05, 0.1) is 18.8 Å². The van der Waals surface area contributed by atoms with Crippen LogP contribution in [-0.4, -0.2) is 31.1 Å². The Balaban J connectivity index is 1.14. The number of halogens is 1. The Morgan fingerprint density at radius 3 is 2.48 bits per heavy atom. The average molecular weight is 537 g/mol. The van der Waals surface area contributed by atoms with Gasteiger partial charge < -0.3 is 19.5 Å². The molecule has 1 N–H and O–H groups in total. The SMILES string of the molecule is O=C(NC[C@@H]1COc2ccccc2O1)c1ccc(/C=C2\Oc3ccccc3N(Cc3cccc(F)c3)C2=O)cc1. The number of hydrogen-bond acceptors (Lipinski definition) is 5. The van der Waals surface area contributed by atoms with Gasteiger partial charge in [-0.2, -0.15) is 0 Å².